The molecule has 1 amide bonds. The van der Waals surface area contributed by atoms with Gasteiger partial charge in [-0.2, -0.15) is 5.26 Å². The highest BCUT2D eigenvalue weighted by molar-refractivity contribution is 6.31. The van der Waals surface area contributed by atoms with Gasteiger partial charge in [0, 0.05) is 41.4 Å². The van der Waals surface area contributed by atoms with Crippen molar-refractivity contribution in [2.75, 3.05) is 28.6 Å². The Labute approximate surface area is 170 Å². The maximum Gasteiger partial charge on any atom is 0.267 e. The number of nitrogens with zero attached hydrogens (tertiary/aromatic N) is 2. The Morgan fingerprint density at radius 2 is 1.79 bits per heavy atom. The highest BCUT2D eigenvalue weighted by atomic mass is 35.5. The van der Waals surface area contributed by atoms with Crippen LogP contribution in [0.4, 0.5) is 17.1 Å². The fourth-order valence-electron chi connectivity index (χ4n) is 3.09. The Hall–Kier alpha value is -2.97. The van der Waals surface area contributed by atoms with Gasteiger partial charge in [-0.15, -0.1) is 0 Å². The summed E-state index contributed by atoms with van der Waals surface area (Å²) in [6, 6.07) is 15.2. The first-order valence-corrected chi connectivity index (χ1v) is 9.74. The third-order valence-corrected chi connectivity index (χ3v) is 5.17. The fourth-order valence-corrected chi connectivity index (χ4v) is 3.27. The number of piperidine rings is 1. The second kappa shape index (κ2) is 9.29. The van der Waals surface area contributed by atoms with Crippen molar-refractivity contribution in [3.8, 4) is 6.07 Å². The topological polar surface area (TPSA) is 68.2 Å². The molecule has 28 heavy (non-hydrogen) atoms. The highest BCUT2D eigenvalue weighted by Gasteiger charge is 2.12. The molecule has 2 N–H and O–H groups in total. The fraction of sp³-hybridized carbons (Fsp3) is 0.273. The van der Waals surface area contributed by atoms with Crippen LogP contribution in [0.15, 0.2) is 54.2 Å². The van der Waals surface area contributed by atoms with Crippen LogP contribution in [0.5, 0.6) is 0 Å². The summed E-state index contributed by atoms with van der Waals surface area (Å²) in [6.07, 6.45) is 5.18. The Kier molecular flexibility index (Phi) is 6.57. The SMILES string of the molecule is Cc1ccc(NC(=O)/C(C#N)=C\Nc2ccc(N3CCCCC3)cc2)cc1Cl. The average Bonchev–Trinajstić information content (AvgIpc) is 2.72. The van der Waals surface area contributed by atoms with Crippen molar-refractivity contribution in [2.24, 2.45) is 0 Å². The van der Waals surface area contributed by atoms with Crippen LogP contribution in [0, 0.1) is 18.3 Å². The minimum absolute atomic E-state index is 0.0168. The molecule has 5 nitrogen and oxygen atoms in total. The van der Waals surface area contributed by atoms with Gasteiger partial charge in [-0.3, -0.25) is 4.79 Å². The molecule has 1 fully saturated rings. The third-order valence-electron chi connectivity index (χ3n) is 4.77. The predicted octanol–water partition coefficient (Wildman–Crippen LogP) is 5.10. The van der Waals surface area contributed by atoms with Crippen molar-refractivity contribution in [2.45, 2.75) is 26.2 Å². The molecule has 0 radical (unpaired) electrons. The average molecular weight is 395 g/mol. The highest BCUT2D eigenvalue weighted by Crippen LogP contribution is 2.22. The van der Waals surface area contributed by atoms with Crippen LogP contribution in [0.2, 0.25) is 5.02 Å². The maximum atomic E-state index is 12.3. The minimum atomic E-state index is -0.486. The number of carbonyl (C=O) groups is 1. The summed E-state index contributed by atoms with van der Waals surface area (Å²) in [4.78, 5) is 14.7. The molecule has 0 atom stereocenters. The standard InChI is InChI=1S/C22H23ClN4O/c1-16-5-6-19(13-21(16)23)26-22(28)17(14-24)15-25-18-7-9-20(10-8-18)27-11-3-2-4-12-27/h5-10,13,15,25H,2-4,11-12H2,1H3,(H,26,28)/b17-15-. The summed E-state index contributed by atoms with van der Waals surface area (Å²) in [5.41, 5.74) is 3.47. The lowest BCUT2D eigenvalue weighted by Crippen LogP contribution is -2.29. The first-order valence-electron chi connectivity index (χ1n) is 9.36. The van der Waals surface area contributed by atoms with E-state index in [1.807, 2.05) is 31.2 Å². The van der Waals surface area contributed by atoms with Gasteiger partial charge in [-0.25, -0.2) is 0 Å². The number of anilines is 3. The number of nitriles is 1. The molecule has 0 aromatic heterocycles. The van der Waals surface area contributed by atoms with Crippen LogP contribution >= 0.6 is 11.6 Å². The molecule has 1 saturated heterocycles. The molecule has 0 unspecified atom stereocenters. The first kappa shape index (κ1) is 19.8. The number of nitrogens with one attached hydrogen (secondary N) is 2. The van der Waals surface area contributed by atoms with E-state index in [4.69, 9.17) is 11.6 Å². The Morgan fingerprint density at radius 3 is 2.43 bits per heavy atom. The van der Waals surface area contributed by atoms with Gasteiger partial charge in [-0.05, 0) is 68.1 Å². The number of rotatable bonds is 5. The van der Waals surface area contributed by atoms with Crippen molar-refractivity contribution < 1.29 is 4.79 Å². The maximum absolute atomic E-state index is 12.3. The smallest absolute Gasteiger partial charge is 0.267 e. The largest absolute Gasteiger partial charge is 0.372 e. The lowest BCUT2D eigenvalue weighted by atomic mass is 10.1. The van der Waals surface area contributed by atoms with E-state index < -0.39 is 5.91 Å². The van der Waals surface area contributed by atoms with E-state index in [2.05, 4.69) is 27.7 Å². The van der Waals surface area contributed by atoms with Gasteiger partial charge < -0.3 is 15.5 Å². The van der Waals surface area contributed by atoms with E-state index in [1.165, 1.54) is 31.1 Å². The molecule has 2 aromatic rings. The quantitative estimate of drug-likeness (QED) is 0.547. The van der Waals surface area contributed by atoms with Crippen molar-refractivity contribution in [1.82, 2.24) is 0 Å². The molecule has 144 valence electrons. The Morgan fingerprint density at radius 1 is 1.11 bits per heavy atom. The van der Waals surface area contributed by atoms with Crippen molar-refractivity contribution in [3.05, 3.63) is 64.8 Å². The number of hydrogen-bond donors (Lipinski definition) is 2. The number of carbonyl (C=O) groups excluding carboxylic acids is 1. The second-order valence-corrected chi connectivity index (χ2v) is 7.23. The van der Waals surface area contributed by atoms with Gasteiger partial charge in [0.05, 0.1) is 0 Å². The molecule has 0 bridgehead atoms. The molecule has 6 heteroatoms. The Balaban J connectivity index is 1.63. The van der Waals surface area contributed by atoms with Gasteiger partial charge in [-0.1, -0.05) is 17.7 Å². The summed E-state index contributed by atoms with van der Waals surface area (Å²) in [5, 5.41) is 15.6. The number of benzene rings is 2. The van der Waals surface area contributed by atoms with E-state index in [0.717, 1.165) is 24.3 Å². The van der Waals surface area contributed by atoms with E-state index in [-0.39, 0.29) is 5.57 Å². The van der Waals surface area contributed by atoms with Gasteiger partial charge in [0.2, 0.25) is 0 Å². The van der Waals surface area contributed by atoms with Gasteiger partial charge in [0.25, 0.3) is 5.91 Å². The van der Waals surface area contributed by atoms with Crippen LogP contribution < -0.4 is 15.5 Å². The van der Waals surface area contributed by atoms with E-state index in [0.29, 0.717) is 10.7 Å². The predicted molar refractivity (Wildman–Crippen MR) is 115 cm³/mol. The Bertz CT molecular complexity index is 909. The summed E-state index contributed by atoms with van der Waals surface area (Å²) in [5.74, 6) is -0.486. The summed E-state index contributed by atoms with van der Waals surface area (Å²) >= 11 is 6.07. The molecule has 0 saturated carbocycles. The molecule has 3 rings (SSSR count). The number of halogens is 1. The molecule has 1 aliphatic rings. The number of hydrogen-bond acceptors (Lipinski definition) is 4. The minimum Gasteiger partial charge on any atom is -0.372 e. The van der Waals surface area contributed by atoms with Crippen LogP contribution in [-0.4, -0.2) is 19.0 Å². The van der Waals surface area contributed by atoms with E-state index in [9.17, 15) is 10.1 Å². The summed E-state index contributed by atoms with van der Waals surface area (Å²) in [7, 11) is 0. The normalized spacial score (nSPS) is 14.3. The number of amides is 1. The molecule has 1 aliphatic heterocycles. The summed E-state index contributed by atoms with van der Waals surface area (Å²) in [6.45, 7) is 4.07. The van der Waals surface area contributed by atoms with Gasteiger partial charge >= 0.3 is 0 Å². The van der Waals surface area contributed by atoms with E-state index in [1.54, 1.807) is 12.1 Å². The van der Waals surface area contributed by atoms with Crippen LogP contribution in [0.1, 0.15) is 24.8 Å². The van der Waals surface area contributed by atoms with Crippen LogP contribution in [-0.2, 0) is 4.79 Å². The zero-order valence-corrected chi connectivity index (χ0v) is 16.6. The lowest BCUT2D eigenvalue weighted by molar-refractivity contribution is -0.112. The molecule has 0 aliphatic carbocycles. The molecular weight excluding hydrogens is 372 g/mol. The zero-order chi connectivity index (χ0) is 19.9. The number of aryl methyl sites for hydroxylation is 1. The first-order chi connectivity index (χ1) is 13.6. The second-order valence-electron chi connectivity index (χ2n) is 6.83. The van der Waals surface area contributed by atoms with Crippen molar-refractivity contribution >= 4 is 34.6 Å². The van der Waals surface area contributed by atoms with Crippen LogP contribution in [0.25, 0.3) is 0 Å². The third kappa shape index (κ3) is 5.05. The monoisotopic (exact) mass is 394 g/mol. The van der Waals surface area contributed by atoms with Gasteiger partial charge in [0.15, 0.2) is 0 Å². The lowest BCUT2D eigenvalue weighted by Gasteiger charge is -2.28. The summed E-state index contributed by atoms with van der Waals surface area (Å²) < 4.78 is 0. The van der Waals surface area contributed by atoms with Crippen molar-refractivity contribution in [3.63, 3.8) is 0 Å². The van der Waals surface area contributed by atoms with Gasteiger partial charge in [0.1, 0.15) is 11.6 Å². The van der Waals surface area contributed by atoms with E-state index >= 15 is 0 Å². The zero-order valence-electron chi connectivity index (χ0n) is 15.8. The molecule has 0 spiro atoms. The van der Waals surface area contributed by atoms with Crippen LogP contribution in [0.3, 0.4) is 0 Å². The molecular formula is C22H23ClN4O. The molecule has 2 aromatic carbocycles. The molecule has 1 heterocycles. The van der Waals surface area contributed by atoms with Crippen molar-refractivity contribution in [1.29, 1.82) is 5.26 Å².